The highest BCUT2D eigenvalue weighted by Gasteiger charge is 2.06. The van der Waals surface area contributed by atoms with Crippen LogP contribution in [-0.4, -0.2) is 13.1 Å². The second kappa shape index (κ2) is 7.77. The number of rotatable bonds is 5. The Morgan fingerprint density at radius 1 is 1.09 bits per heavy atom. The number of allylic oxidation sites excluding steroid dienone is 2. The van der Waals surface area contributed by atoms with Crippen LogP contribution in [0.3, 0.4) is 0 Å². The summed E-state index contributed by atoms with van der Waals surface area (Å²) in [6.07, 6.45) is 4.16. The molecule has 0 spiro atoms. The summed E-state index contributed by atoms with van der Waals surface area (Å²) < 4.78 is 4.73. The normalized spacial score (nSPS) is 11.4. The Morgan fingerprint density at radius 3 is 2.35 bits per heavy atom. The fourth-order valence-electron chi connectivity index (χ4n) is 2.73. The topological polar surface area (TPSA) is 26.3 Å². The minimum atomic E-state index is -0.297. The van der Waals surface area contributed by atoms with E-state index >= 15 is 0 Å². The number of ether oxygens (including phenoxy) is 1. The quantitative estimate of drug-likeness (QED) is 0.711. The Hall–Kier alpha value is -2.35. The van der Waals surface area contributed by atoms with E-state index in [1.54, 1.807) is 0 Å². The third-order valence-corrected chi connectivity index (χ3v) is 4.02. The highest BCUT2D eigenvalue weighted by atomic mass is 16.5. The summed E-state index contributed by atoms with van der Waals surface area (Å²) in [4.78, 5) is 11.5. The lowest BCUT2D eigenvalue weighted by atomic mass is 9.95. The van der Waals surface area contributed by atoms with Crippen molar-refractivity contribution in [1.82, 2.24) is 0 Å². The second-order valence-corrected chi connectivity index (χ2v) is 5.81. The predicted molar refractivity (Wildman–Crippen MR) is 95.7 cm³/mol. The van der Waals surface area contributed by atoms with Gasteiger partial charge >= 0.3 is 5.97 Å². The largest absolute Gasteiger partial charge is 0.465 e. The van der Waals surface area contributed by atoms with E-state index in [1.165, 1.54) is 34.9 Å². The molecule has 0 aliphatic heterocycles. The van der Waals surface area contributed by atoms with Crippen LogP contribution in [0.2, 0.25) is 0 Å². The maximum atomic E-state index is 11.5. The molecule has 0 aliphatic carbocycles. The van der Waals surface area contributed by atoms with E-state index in [4.69, 9.17) is 4.74 Å². The monoisotopic (exact) mass is 308 g/mol. The van der Waals surface area contributed by atoms with Gasteiger partial charge < -0.3 is 4.74 Å². The van der Waals surface area contributed by atoms with Gasteiger partial charge in [0.05, 0.1) is 12.7 Å². The molecule has 0 aliphatic rings. The van der Waals surface area contributed by atoms with Crippen molar-refractivity contribution in [2.75, 3.05) is 7.11 Å². The van der Waals surface area contributed by atoms with Crippen molar-refractivity contribution in [1.29, 1.82) is 0 Å². The molecule has 0 bridgehead atoms. The van der Waals surface area contributed by atoms with Crippen molar-refractivity contribution >= 4 is 11.5 Å². The van der Waals surface area contributed by atoms with Crippen LogP contribution in [-0.2, 0) is 11.2 Å². The molecule has 0 radical (unpaired) electrons. The van der Waals surface area contributed by atoms with E-state index in [0.29, 0.717) is 5.56 Å². The molecule has 120 valence electrons. The van der Waals surface area contributed by atoms with Crippen molar-refractivity contribution < 1.29 is 9.53 Å². The van der Waals surface area contributed by atoms with Gasteiger partial charge in [-0.05, 0) is 66.6 Å². The lowest BCUT2D eigenvalue weighted by Gasteiger charge is -2.10. The van der Waals surface area contributed by atoms with E-state index in [9.17, 15) is 4.79 Å². The Bertz CT molecular complexity index is 709. The Kier molecular flexibility index (Phi) is 5.75. The molecular formula is C21H24O2. The maximum absolute atomic E-state index is 11.5. The van der Waals surface area contributed by atoms with Crippen LogP contribution in [0.5, 0.6) is 0 Å². The zero-order valence-electron chi connectivity index (χ0n) is 14.3. The van der Waals surface area contributed by atoms with E-state index in [0.717, 1.165) is 12.8 Å². The molecule has 2 nitrogen and oxygen atoms in total. The number of hydrogen-bond acceptors (Lipinski definition) is 2. The van der Waals surface area contributed by atoms with E-state index in [1.807, 2.05) is 24.3 Å². The molecule has 2 heteroatoms. The molecular weight excluding hydrogens is 284 g/mol. The number of aryl methyl sites for hydroxylation is 1. The zero-order valence-corrected chi connectivity index (χ0v) is 14.3. The molecule has 0 unspecified atom stereocenters. The predicted octanol–water partition coefficient (Wildman–Crippen LogP) is 5.19. The lowest BCUT2D eigenvalue weighted by molar-refractivity contribution is 0.0600. The first-order chi connectivity index (χ1) is 11.0. The first kappa shape index (κ1) is 17.0. The van der Waals surface area contributed by atoms with Gasteiger partial charge in [-0.3, -0.25) is 0 Å². The average molecular weight is 308 g/mol. The van der Waals surface area contributed by atoms with Gasteiger partial charge in [-0.1, -0.05) is 43.3 Å². The summed E-state index contributed by atoms with van der Waals surface area (Å²) >= 11 is 0. The second-order valence-electron chi connectivity index (χ2n) is 5.81. The fourth-order valence-corrected chi connectivity index (χ4v) is 2.73. The van der Waals surface area contributed by atoms with Crippen LogP contribution in [0.25, 0.3) is 5.57 Å². The van der Waals surface area contributed by atoms with Crippen LogP contribution in [0.15, 0.2) is 48.5 Å². The maximum Gasteiger partial charge on any atom is 0.337 e. The first-order valence-electron chi connectivity index (χ1n) is 7.99. The van der Waals surface area contributed by atoms with Crippen LogP contribution in [0.4, 0.5) is 0 Å². The molecule has 0 saturated carbocycles. The number of carbonyl (C=O) groups is 1. The summed E-state index contributed by atoms with van der Waals surface area (Å²) in [6, 6.07) is 14.2. The summed E-state index contributed by atoms with van der Waals surface area (Å²) in [5.74, 6) is -0.297. The molecule has 0 fully saturated rings. The van der Waals surface area contributed by atoms with E-state index in [-0.39, 0.29) is 5.97 Å². The van der Waals surface area contributed by atoms with Gasteiger partial charge in [0.1, 0.15) is 0 Å². The smallest absolute Gasteiger partial charge is 0.337 e. The SMILES string of the molecule is CC/C=C(\C)c1cc(Cc2ccc(C(=O)OC)cc2)ccc1C. The lowest BCUT2D eigenvalue weighted by Crippen LogP contribution is -2.01. The number of esters is 1. The van der Waals surface area contributed by atoms with E-state index < -0.39 is 0 Å². The minimum Gasteiger partial charge on any atom is -0.465 e. The molecule has 0 amide bonds. The van der Waals surface area contributed by atoms with Gasteiger partial charge in [0.15, 0.2) is 0 Å². The molecule has 2 aromatic carbocycles. The summed E-state index contributed by atoms with van der Waals surface area (Å²) in [5.41, 5.74) is 6.99. The number of methoxy groups -OCH3 is 1. The van der Waals surface area contributed by atoms with Crippen molar-refractivity contribution in [3.8, 4) is 0 Å². The highest BCUT2D eigenvalue weighted by molar-refractivity contribution is 5.89. The molecule has 2 aromatic rings. The van der Waals surface area contributed by atoms with Gasteiger partial charge in [0.25, 0.3) is 0 Å². The van der Waals surface area contributed by atoms with Gasteiger partial charge in [0, 0.05) is 0 Å². The third-order valence-electron chi connectivity index (χ3n) is 4.02. The number of carbonyl (C=O) groups excluding carboxylic acids is 1. The molecule has 2 rings (SSSR count). The highest BCUT2D eigenvalue weighted by Crippen LogP contribution is 2.22. The summed E-state index contributed by atoms with van der Waals surface area (Å²) in [6.45, 7) is 6.48. The molecule has 0 heterocycles. The zero-order chi connectivity index (χ0) is 16.8. The van der Waals surface area contributed by atoms with E-state index in [2.05, 4.69) is 45.0 Å². The fraction of sp³-hybridized carbons (Fsp3) is 0.286. The van der Waals surface area contributed by atoms with Gasteiger partial charge in [-0.2, -0.15) is 0 Å². The van der Waals surface area contributed by atoms with Gasteiger partial charge in [-0.25, -0.2) is 4.79 Å². The number of benzene rings is 2. The Labute approximate surface area is 138 Å². The van der Waals surface area contributed by atoms with Gasteiger partial charge in [-0.15, -0.1) is 0 Å². The van der Waals surface area contributed by atoms with Crippen molar-refractivity contribution in [2.24, 2.45) is 0 Å². The summed E-state index contributed by atoms with van der Waals surface area (Å²) in [5, 5.41) is 0. The number of hydrogen-bond donors (Lipinski definition) is 0. The van der Waals surface area contributed by atoms with Gasteiger partial charge in [0.2, 0.25) is 0 Å². The molecule has 0 aromatic heterocycles. The van der Waals surface area contributed by atoms with Crippen molar-refractivity contribution in [2.45, 2.75) is 33.6 Å². The minimum absolute atomic E-state index is 0.297. The molecule has 0 atom stereocenters. The molecule has 0 saturated heterocycles. The first-order valence-corrected chi connectivity index (χ1v) is 7.99. The Balaban J connectivity index is 2.22. The van der Waals surface area contributed by atoms with Crippen LogP contribution in [0.1, 0.15) is 52.9 Å². The van der Waals surface area contributed by atoms with Crippen molar-refractivity contribution in [3.05, 3.63) is 76.4 Å². The molecule has 0 N–H and O–H groups in total. The average Bonchev–Trinajstić information content (AvgIpc) is 2.56. The van der Waals surface area contributed by atoms with Crippen LogP contribution < -0.4 is 0 Å². The third kappa shape index (κ3) is 4.32. The summed E-state index contributed by atoms with van der Waals surface area (Å²) in [7, 11) is 1.40. The Morgan fingerprint density at radius 2 is 1.74 bits per heavy atom. The standard InChI is InChI=1S/C21H24O2/c1-5-6-15(2)20-14-18(8-7-16(20)3)13-17-9-11-19(12-10-17)21(22)23-4/h6-12,14H,5,13H2,1-4H3/b15-6+. The van der Waals surface area contributed by atoms with Crippen LogP contribution >= 0.6 is 0 Å². The molecule has 23 heavy (non-hydrogen) atoms. The van der Waals surface area contributed by atoms with Crippen LogP contribution in [0, 0.1) is 6.92 Å². The van der Waals surface area contributed by atoms with Crippen molar-refractivity contribution in [3.63, 3.8) is 0 Å².